The van der Waals surface area contributed by atoms with Crippen LogP contribution in [0.3, 0.4) is 0 Å². The lowest BCUT2D eigenvalue weighted by atomic mass is 10.2. The monoisotopic (exact) mass is 295 g/mol. The Morgan fingerprint density at radius 1 is 1.38 bits per heavy atom. The molecule has 0 spiro atoms. The first kappa shape index (κ1) is 17.4. The molecular weight excluding hydrogens is 270 g/mol. The first-order valence-electron chi connectivity index (χ1n) is 7.16. The molecule has 2 N–H and O–H groups in total. The molecule has 1 aromatic rings. The number of ether oxygens (including phenoxy) is 2. The number of carbonyl (C=O) groups excluding carboxylic acids is 1. The Bertz CT molecular complexity index is 407. The van der Waals surface area contributed by atoms with E-state index in [9.17, 15) is 4.79 Å². The normalized spacial score (nSPS) is 10.7. The number of nitrogens with one attached hydrogen (secondary N) is 2. The smallest absolute Gasteiger partial charge is 0.257 e. The van der Waals surface area contributed by atoms with Crippen molar-refractivity contribution < 1.29 is 14.3 Å². The summed E-state index contributed by atoms with van der Waals surface area (Å²) >= 11 is 0. The maximum Gasteiger partial charge on any atom is 0.257 e. The van der Waals surface area contributed by atoms with Gasteiger partial charge in [-0.05, 0) is 18.1 Å². The SMILES string of the molecule is COCCNCc1ccc(OCC(=O)NCC(C)C)cn1. The van der Waals surface area contributed by atoms with Crippen LogP contribution < -0.4 is 15.4 Å². The number of hydrogen-bond acceptors (Lipinski definition) is 5. The third-order valence-electron chi connectivity index (χ3n) is 2.66. The van der Waals surface area contributed by atoms with Crippen LogP contribution in [0.15, 0.2) is 18.3 Å². The summed E-state index contributed by atoms with van der Waals surface area (Å²) in [6.45, 7) is 6.90. The average Bonchev–Trinajstić information content (AvgIpc) is 2.48. The third-order valence-corrected chi connectivity index (χ3v) is 2.66. The third kappa shape index (κ3) is 8.27. The lowest BCUT2D eigenvalue weighted by Crippen LogP contribution is -2.31. The van der Waals surface area contributed by atoms with E-state index in [2.05, 4.69) is 15.6 Å². The second-order valence-electron chi connectivity index (χ2n) is 5.14. The number of nitrogens with zero attached hydrogens (tertiary/aromatic N) is 1. The minimum atomic E-state index is -0.117. The predicted octanol–water partition coefficient (Wildman–Crippen LogP) is 0.969. The molecule has 6 heteroatoms. The van der Waals surface area contributed by atoms with Crippen molar-refractivity contribution in [3.8, 4) is 5.75 Å². The molecule has 0 saturated heterocycles. The number of aromatic nitrogens is 1. The van der Waals surface area contributed by atoms with Gasteiger partial charge in [-0.1, -0.05) is 13.8 Å². The zero-order chi connectivity index (χ0) is 15.5. The van der Waals surface area contributed by atoms with E-state index in [1.54, 1.807) is 13.3 Å². The molecule has 118 valence electrons. The average molecular weight is 295 g/mol. The molecule has 1 rings (SSSR count). The van der Waals surface area contributed by atoms with Gasteiger partial charge in [0.05, 0.1) is 18.5 Å². The van der Waals surface area contributed by atoms with Gasteiger partial charge in [0.15, 0.2) is 6.61 Å². The van der Waals surface area contributed by atoms with Gasteiger partial charge in [-0.3, -0.25) is 9.78 Å². The van der Waals surface area contributed by atoms with Crippen LogP contribution in [0.1, 0.15) is 19.5 Å². The van der Waals surface area contributed by atoms with Crippen molar-refractivity contribution in [2.75, 3.05) is 33.4 Å². The number of methoxy groups -OCH3 is 1. The molecule has 1 heterocycles. The highest BCUT2D eigenvalue weighted by atomic mass is 16.5. The number of amides is 1. The number of hydrogen-bond donors (Lipinski definition) is 2. The Hall–Kier alpha value is -1.66. The largest absolute Gasteiger partial charge is 0.482 e. The van der Waals surface area contributed by atoms with E-state index in [1.807, 2.05) is 26.0 Å². The summed E-state index contributed by atoms with van der Waals surface area (Å²) in [4.78, 5) is 15.8. The summed E-state index contributed by atoms with van der Waals surface area (Å²) < 4.78 is 10.3. The highest BCUT2D eigenvalue weighted by molar-refractivity contribution is 5.77. The van der Waals surface area contributed by atoms with Crippen LogP contribution in [0.5, 0.6) is 5.75 Å². The maximum atomic E-state index is 11.5. The molecule has 0 bridgehead atoms. The summed E-state index contributed by atoms with van der Waals surface area (Å²) in [6, 6.07) is 3.69. The van der Waals surface area contributed by atoms with Gasteiger partial charge < -0.3 is 20.1 Å². The molecule has 21 heavy (non-hydrogen) atoms. The highest BCUT2D eigenvalue weighted by Crippen LogP contribution is 2.08. The van der Waals surface area contributed by atoms with Gasteiger partial charge in [-0.15, -0.1) is 0 Å². The van der Waals surface area contributed by atoms with Crippen molar-refractivity contribution in [3.05, 3.63) is 24.0 Å². The maximum absolute atomic E-state index is 11.5. The molecule has 0 aliphatic carbocycles. The second kappa shape index (κ2) is 10.1. The number of pyridine rings is 1. The van der Waals surface area contributed by atoms with E-state index in [0.717, 1.165) is 12.2 Å². The minimum absolute atomic E-state index is 0.0137. The van der Waals surface area contributed by atoms with Crippen molar-refractivity contribution in [1.29, 1.82) is 0 Å². The fourth-order valence-electron chi connectivity index (χ4n) is 1.51. The van der Waals surface area contributed by atoms with Crippen LogP contribution >= 0.6 is 0 Å². The van der Waals surface area contributed by atoms with Crippen molar-refractivity contribution in [2.45, 2.75) is 20.4 Å². The fourth-order valence-corrected chi connectivity index (χ4v) is 1.51. The molecule has 0 aliphatic heterocycles. The Morgan fingerprint density at radius 3 is 2.81 bits per heavy atom. The molecule has 0 saturated carbocycles. The van der Waals surface area contributed by atoms with E-state index in [0.29, 0.717) is 31.4 Å². The van der Waals surface area contributed by atoms with Crippen molar-refractivity contribution in [2.24, 2.45) is 5.92 Å². The second-order valence-corrected chi connectivity index (χ2v) is 5.14. The van der Waals surface area contributed by atoms with Gasteiger partial charge in [0.1, 0.15) is 5.75 Å². The van der Waals surface area contributed by atoms with Crippen LogP contribution in [-0.2, 0) is 16.1 Å². The molecule has 6 nitrogen and oxygen atoms in total. The molecule has 0 radical (unpaired) electrons. The molecule has 0 fully saturated rings. The summed E-state index contributed by atoms with van der Waals surface area (Å²) in [5.74, 6) is 0.907. The summed E-state index contributed by atoms with van der Waals surface area (Å²) in [5.41, 5.74) is 0.919. The highest BCUT2D eigenvalue weighted by Gasteiger charge is 2.04. The van der Waals surface area contributed by atoms with Crippen molar-refractivity contribution in [3.63, 3.8) is 0 Å². The number of rotatable bonds is 10. The lowest BCUT2D eigenvalue weighted by molar-refractivity contribution is -0.123. The van der Waals surface area contributed by atoms with E-state index in [1.165, 1.54) is 0 Å². The summed E-state index contributed by atoms with van der Waals surface area (Å²) in [5, 5.41) is 6.00. The van der Waals surface area contributed by atoms with Crippen molar-refractivity contribution >= 4 is 5.91 Å². The number of carbonyl (C=O) groups is 1. The van der Waals surface area contributed by atoms with E-state index in [-0.39, 0.29) is 12.5 Å². The van der Waals surface area contributed by atoms with E-state index >= 15 is 0 Å². The van der Waals surface area contributed by atoms with Crippen molar-refractivity contribution in [1.82, 2.24) is 15.6 Å². The fraction of sp³-hybridized carbons (Fsp3) is 0.600. The first-order valence-corrected chi connectivity index (χ1v) is 7.16. The molecule has 0 unspecified atom stereocenters. The van der Waals surface area contributed by atoms with Gasteiger partial charge in [-0.25, -0.2) is 0 Å². The predicted molar refractivity (Wildman–Crippen MR) is 81.2 cm³/mol. The first-order chi connectivity index (χ1) is 10.1. The zero-order valence-electron chi connectivity index (χ0n) is 13.0. The summed E-state index contributed by atoms with van der Waals surface area (Å²) in [7, 11) is 1.67. The van der Waals surface area contributed by atoms with Crippen LogP contribution in [0.2, 0.25) is 0 Å². The van der Waals surface area contributed by atoms with Gasteiger partial charge in [0, 0.05) is 26.7 Å². The van der Waals surface area contributed by atoms with E-state index < -0.39 is 0 Å². The Morgan fingerprint density at radius 2 is 2.19 bits per heavy atom. The van der Waals surface area contributed by atoms with Crippen LogP contribution in [0.25, 0.3) is 0 Å². The van der Waals surface area contributed by atoms with Crippen LogP contribution in [0, 0.1) is 5.92 Å². The molecule has 1 aromatic heterocycles. The Kier molecular flexibility index (Phi) is 8.38. The van der Waals surface area contributed by atoms with Gasteiger partial charge >= 0.3 is 0 Å². The van der Waals surface area contributed by atoms with Gasteiger partial charge in [0.2, 0.25) is 0 Å². The quantitative estimate of drug-likeness (QED) is 0.629. The van der Waals surface area contributed by atoms with Crippen LogP contribution in [-0.4, -0.2) is 44.3 Å². The van der Waals surface area contributed by atoms with E-state index in [4.69, 9.17) is 9.47 Å². The van der Waals surface area contributed by atoms with Gasteiger partial charge in [0.25, 0.3) is 5.91 Å². The standard InChI is InChI=1S/C15H25N3O3/c1-12(2)8-18-15(19)11-21-14-5-4-13(17-10-14)9-16-6-7-20-3/h4-5,10,12,16H,6-9,11H2,1-3H3,(H,18,19). The molecular formula is C15H25N3O3. The van der Waals surface area contributed by atoms with Crippen LogP contribution in [0.4, 0.5) is 0 Å². The molecule has 0 atom stereocenters. The molecule has 0 aromatic carbocycles. The molecule has 0 aliphatic rings. The lowest BCUT2D eigenvalue weighted by Gasteiger charge is -2.09. The zero-order valence-corrected chi connectivity index (χ0v) is 13.0. The molecule has 1 amide bonds. The topological polar surface area (TPSA) is 72.5 Å². The Labute approximate surface area is 126 Å². The van der Waals surface area contributed by atoms with Gasteiger partial charge in [-0.2, -0.15) is 0 Å². The summed E-state index contributed by atoms with van der Waals surface area (Å²) in [6.07, 6.45) is 1.63. The Balaban J connectivity index is 2.25. The minimum Gasteiger partial charge on any atom is -0.482 e.